The van der Waals surface area contributed by atoms with Crippen LogP contribution in [-0.4, -0.2) is 41.2 Å². The van der Waals surface area contributed by atoms with Gasteiger partial charge in [0.2, 0.25) is 5.91 Å². The number of benzene rings is 1. The maximum absolute atomic E-state index is 15.0. The minimum atomic E-state index is -1.38. The smallest absolute Gasteiger partial charge is 0.225 e. The van der Waals surface area contributed by atoms with E-state index < -0.39 is 11.1 Å². The van der Waals surface area contributed by atoms with Gasteiger partial charge in [-0.05, 0) is 18.2 Å². The molecule has 2 aromatic rings. The van der Waals surface area contributed by atoms with Gasteiger partial charge < -0.3 is 10.2 Å². The molecule has 2 heterocycles. The molecule has 1 fully saturated rings. The van der Waals surface area contributed by atoms with E-state index in [-0.39, 0.29) is 12.5 Å². The summed E-state index contributed by atoms with van der Waals surface area (Å²) in [5, 5.41) is 3.37. The molecule has 1 saturated heterocycles. The average Bonchev–Trinajstić information content (AvgIpc) is 2.59. The topological polar surface area (TPSA) is 58.1 Å². The normalized spacial score (nSPS) is 17.3. The minimum Gasteiger partial charge on any atom is -0.355 e. The van der Waals surface area contributed by atoms with Crippen molar-refractivity contribution in [3.05, 3.63) is 29.4 Å². The van der Waals surface area contributed by atoms with Gasteiger partial charge in [0.25, 0.3) is 0 Å². The summed E-state index contributed by atoms with van der Waals surface area (Å²) in [4.78, 5) is 23.0. The molecule has 1 aromatic heterocycles. The molecule has 0 spiro atoms. The van der Waals surface area contributed by atoms with Gasteiger partial charge in [-0.25, -0.2) is 9.37 Å². The Labute approximate surface area is 158 Å². The summed E-state index contributed by atoms with van der Waals surface area (Å²) in [7, 11) is 0. The number of aromatic nitrogens is 2. The number of halogens is 2. The first kappa shape index (κ1) is 18.8. The first-order valence-corrected chi connectivity index (χ1v) is 9.19. The first-order chi connectivity index (χ1) is 12.2. The highest BCUT2D eigenvalue weighted by Crippen LogP contribution is 2.29. The molecular weight excluding hydrogens is 355 g/mol. The van der Waals surface area contributed by atoms with E-state index in [1.165, 1.54) is 0 Å². The highest BCUT2D eigenvalue weighted by atomic mass is 35.5. The monoisotopic (exact) mass is 378 g/mol. The molecule has 0 atom stereocenters. The van der Waals surface area contributed by atoms with Crippen molar-refractivity contribution in [2.75, 3.05) is 24.5 Å². The van der Waals surface area contributed by atoms with E-state index in [1.807, 2.05) is 31.7 Å². The lowest BCUT2D eigenvalue weighted by atomic mass is 9.91. The second kappa shape index (κ2) is 6.99. The van der Waals surface area contributed by atoms with Crippen LogP contribution >= 0.6 is 11.6 Å². The second-order valence-electron chi connectivity index (χ2n) is 7.93. The number of hydrogen-bond acceptors (Lipinski definition) is 4. The predicted octanol–water partition coefficient (Wildman–Crippen LogP) is 3.75. The molecule has 0 aliphatic carbocycles. The Morgan fingerprint density at radius 1 is 1.31 bits per heavy atom. The van der Waals surface area contributed by atoms with Crippen molar-refractivity contribution in [2.45, 2.75) is 39.3 Å². The zero-order valence-electron chi connectivity index (χ0n) is 15.4. The number of anilines is 1. The van der Waals surface area contributed by atoms with Gasteiger partial charge in [0.05, 0.1) is 23.8 Å². The predicted molar refractivity (Wildman–Crippen MR) is 102 cm³/mol. The Morgan fingerprint density at radius 2 is 2.00 bits per heavy atom. The summed E-state index contributed by atoms with van der Waals surface area (Å²) in [6, 6.07) is 5.39. The van der Waals surface area contributed by atoms with E-state index in [9.17, 15) is 4.79 Å². The summed E-state index contributed by atoms with van der Waals surface area (Å²) < 4.78 is 15.0. The standard InChI is InChI=1S/C19H24ClFN4O/c1-18(2,3)17(26)23-12-19(21)6-8-25(9-7-19)16-11-22-15-10-13(20)4-5-14(15)24-16/h4-5,10-11H,6-9,12H2,1-3H3,(H,23,26). The number of nitrogens with zero attached hydrogens (tertiary/aromatic N) is 3. The van der Waals surface area contributed by atoms with Gasteiger partial charge in [-0.2, -0.15) is 0 Å². The van der Waals surface area contributed by atoms with Gasteiger partial charge in [-0.15, -0.1) is 0 Å². The molecule has 0 unspecified atom stereocenters. The molecule has 0 bridgehead atoms. The third-order valence-corrected chi connectivity index (χ3v) is 4.96. The molecular formula is C19H24ClFN4O. The maximum atomic E-state index is 15.0. The van der Waals surface area contributed by atoms with Crippen LogP contribution in [0.2, 0.25) is 5.02 Å². The number of alkyl halides is 1. The largest absolute Gasteiger partial charge is 0.355 e. The minimum absolute atomic E-state index is 0.0544. The van der Waals surface area contributed by atoms with Crippen LogP contribution in [0.3, 0.4) is 0 Å². The maximum Gasteiger partial charge on any atom is 0.225 e. The molecule has 7 heteroatoms. The summed E-state index contributed by atoms with van der Waals surface area (Å²) in [5.41, 5.74) is -0.389. The Morgan fingerprint density at radius 3 is 2.65 bits per heavy atom. The molecule has 1 aliphatic heterocycles. The van der Waals surface area contributed by atoms with Crippen molar-refractivity contribution in [3.8, 4) is 0 Å². The zero-order chi connectivity index (χ0) is 18.9. The van der Waals surface area contributed by atoms with E-state index in [2.05, 4.69) is 15.3 Å². The van der Waals surface area contributed by atoms with Crippen LogP contribution in [0.15, 0.2) is 24.4 Å². The van der Waals surface area contributed by atoms with E-state index >= 15 is 4.39 Å². The highest BCUT2D eigenvalue weighted by Gasteiger charge is 2.36. The van der Waals surface area contributed by atoms with Gasteiger partial charge >= 0.3 is 0 Å². The van der Waals surface area contributed by atoms with Crippen molar-refractivity contribution in [1.82, 2.24) is 15.3 Å². The number of carbonyl (C=O) groups is 1. The Balaban J connectivity index is 1.63. The molecule has 140 valence electrons. The molecule has 5 nitrogen and oxygen atoms in total. The SMILES string of the molecule is CC(C)(C)C(=O)NCC1(F)CCN(c2cnc3cc(Cl)ccc3n2)CC1. The quantitative estimate of drug-likeness (QED) is 0.883. The molecule has 3 rings (SSSR count). The fourth-order valence-corrected chi connectivity index (χ4v) is 3.11. The van der Waals surface area contributed by atoms with Crippen LogP contribution in [0, 0.1) is 5.41 Å². The summed E-state index contributed by atoms with van der Waals surface area (Å²) in [6.45, 7) is 6.59. The van der Waals surface area contributed by atoms with Crippen LogP contribution in [0.1, 0.15) is 33.6 Å². The Kier molecular flexibility index (Phi) is 5.06. The van der Waals surface area contributed by atoms with Crippen molar-refractivity contribution in [1.29, 1.82) is 0 Å². The van der Waals surface area contributed by atoms with Crippen molar-refractivity contribution < 1.29 is 9.18 Å². The van der Waals surface area contributed by atoms with Crippen LogP contribution < -0.4 is 10.2 Å². The van der Waals surface area contributed by atoms with Crippen LogP contribution in [0.25, 0.3) is 11.0 Å². The van der Waals surface area contributed by atoms with Gasteiger partial charge in [0, 0.05) is 36.4 Å². The second-order valence-corrected chi connectivity index (χ2v) is 8.37. The summed E-state index contributed by atoms with van der Waals surface area (Å²) in [6.07, 6.45) is 2.39. The van der Waals surface area contributed by atoms with Gasteiger partial charge in [0.15, 0.2) is 0 Å². The van der Waals surface area contributed by atoms with Crippen molar-refractivity contribution in [2.24, 2.45) is 5.41 Å². The fraction of sp³-hybridized carbons (Fsp3) is 0.526. The first-order valence-electron chi connectivity index (χ1n) is 8.81. The lowest BCUT2D eigenvalue weighted by Crippen LogP contribution is -2.50. The third-order valence-electron chi connectivity index (χ3n) is 4.72. The number of carbonyl (C=O) groups excluding carboxylic acids is 1. The zero-order valence-corrected chi connectivity index (χ0v) is 16.1. The van der Waals surface area contributed by atoms with Gasteiger partial charge in [0.1, 0.15) is 11.5 Å². The molecule has 0 radical (unpaired) electrons. The lowest BCUT2D eigenvalue weighted by molar-refractivity contribution is -0.129. The van der Waals surface area contributed by atoms with E-state index in [0.29, 0.717) is 31.0 Å². The highest BCUT2D eigenvalue weighted by molar-refractivity contribution is 6.31. The Hall–Kier alpha value is -1.95. The molecule has 1 aromatic carbocycles. The number of fused-ring (bicyclic) bond motifs is 1. The fourth-order valence-electron chi connectivity index (χ4n) is 2.94. The number of amides is 1. The number of piperidine rings is 1. The molecule has 26 heavy (non-hydrogen) atoms. The average molecular weight is 379 g/mol. The molecule has 0 saturated carbocycles. The van der Waals surface area contributed by atoms with Crippen LogP contribution in [0.4, 0.5) is 10.2 Å². The van der Waals surface area contributed by atoms with Gasteiger partial charge in [-0.3, -0.25) is 9.78 Å². The summed E-state index contributed by atoms with van der Waals surface area (Å²) >= 11 is 5.97. The number of nitrogens with one attached hydrogen (secondary N) is 1. The summed E-state index contributed by atoms with van der Waals surface area (Å²) in [5.74, 6) is 0.608. The van der Waals surface area contributed by atoms with E-state index in [0.717, 1.165) is 16.9 Å². The molecule has 1 N–H and O–H groups in total. The number of rotatable bonds is 3. The van der Waals surface area contributed by atoms with E-state index in [1.54, 1.807) is 18.3 Å². The van der Waals surface area contributed by atoms with E-state index in [4.69, 9.17) is 11.6 Å². The van der Waals surface area contributed by atoms with Crippen molar-refractivity contribution >= 4 is 34.4 Å². The van der Waals surface area contributed by atoms with Gasteiger partial charge in [-0.1, -0.05) is 32.4 Å². The molecule has 1 amide bonds. The molecule has 1 aliphatic rings. The lowest BCUT2D eigenvalue weighted by Gasteiger charge is -2.37. The Bertz CT molecular complexity index is 813. The van der Waals surface area contributed by atoms with Crippen LogP contribution in [0.5, 0.6) is 0 Å². The third kappa shape index (κ3) is 4.23. The number of hydrogen-bond donors (Lipinski definition) is 1. The van der Waals surface area contributed by atoms with Crippen LogP contribution in [-0.2, 0) is 4.79 Å². The van der Waals surface area contributed by atoms with Crippen molar-refractivity contribution in [3.63, 3.8) is 0 Å².